The quantitative estimate of drug-likeness (QED) is 0.448. The van der Waals surface area contributed by atoms with E-state index in [9.17, 15) is 4.80 Å². The largest absolute Gasteiger partial charge is 0.497 e. The van der Waals surface area contributed by atoms with Crippen molar-refractivity contribution in [2.24, 2.45) is 0 Å². The minimum atomic E-state index is -2.53. The maximum atomic E-state index is 11.2. The molecule has 144 valence electrons. The molecule has 3 rings (SSSR count). The number of ether oxygens (including phenoxy) is 1. The molecule has 1 N–H and O–H groups in total. The Balaban J connectivity index is 2.21. The van der Waals surface area contributed by atoms with Gasteiger partial charge in [-0.15, -0.1) is 0 Å². The minimum absolute atomic E-state index is 0.782. The van der Waals surface area contributed by atoms with Gasteiger partial charge in [-0.25, -0.2) is 0 Å². The third-order valence-electron chi connectivity index (χ3n) is 5.17. The molecule has 4 heteroatoms. The van der Waals surface area contributed by atoms with Crippen molar-refractivity contribution in [3.63, 3.8) is 0 Å². The maximum absolute atomic E-state index is 11.2. The van der Waals surface area contributed by atoms with E-state index in [4.69, 9.17) is 4.74 Å². The first kappa shape index (κ1) is 19.7. The van der Waals surface area contributed by atoms with Gasteiger partial charge in [-0.1, -0.05) is 50.1 Å². The summed E-state index contributed by atoms with van der Waals surface area (Å²) in [5.41, 5.74) is 3.76. The van der Waals surface area contributed by atoms with E-state index in [1.54, 1.807) is 7.11 Å². The molecule has 0 saturated heterocycles. The Morgan fingerprint density at radius 3 is 2.41 bits per heavy atom. The number of rotatable bonds is 8. The number of benzene rings is 2. The van der Waals surface area contributed by atoms with Crippen LogP contribution in [0.25, 0.3) is 10.9 Å². The van der Waals surface area contributed by atoms with Crippen LogP contribution in [-0.4, -0.2) is 24.8 Å². The van der Waals surface area contributed by atoms with Crippen LogP contribution in [0.5, 0.6) is 5.75 Å². The fourth-order valence-electron chi connectivity index (χ4n) is 3.96. The zero-order valence-electron chi connectivity index (χ0n) is 17.0. The molecule has 0 aliphatic rings. The Hall–Kier alpha value is -2.04. The second kappa shape index (κ2) is 8.32. The molecular weight excluding hydrogens is 350 g/mol. The van der Waals surface area contributed by atoms with Crippen molar-refractivity contribution >= 4 is 24.5 Å². The van der Waals surface area contributed by atoms with Crippen molar-refractivity contribution in [3.8, 4) is 5.75 Å². The zero-order chi connectivity index (χ0) is 19.4. The molecule has 2 aromatic carbocycles. The lowest BCUT2D eigenvalue weighted by Crippen LogP contribution is -2.48. The molecule has 0 saturated carbocycles. The third-order valence-corrected chi connectivity index (χ3v) is 6.90. The van der Waals surface area contributed by atoms with Gasteiger partial charge in [0.05, 0.1) is 7.11 Å². The van der Waals surface area contributed by atoms with Crippen LogP contribution >= 0.6 is 0 Å². The monoisotopic (exact) mass is 381 g/mol. The van der Waals surface area contributed by atoms with Crippen molar-refractivity contribution in [1.82, 2.24) is 4.57 Å². The van der Waals surface area contributed by atoms with E-state index in [0.717, 1.165) is 30.5 Å². The first-order valence-corrected chi connectivity index (χ1v) is 12.9. The molecule has 0 unspecified atom stereocenters. The number of unbranched alkanes of at least 4 members (excludes halogenated alkanes) is 2. The van der Waals surface area contributed by atoms with Gasteiger partial charge in [-0.3, -0.25) is 0 Å². The van der Waals surface area contributed by atoms with E-state index < -0.39 is 8.32 Å². The van der Waals surface area contributed by atoms with Gasteiger partial charge in [-0.2, -0.15) is 0 Å². The van der Waals surface area contributed by atoms with Gasteiger partial charge in [-0.05, 0) is 55.3 Å². The molecule has 1 aromatic heterocycles. The smallest absolute Gasteiger partial charge is 0.231 e. The van der Waals surface area contributed by atoms with Gasteiger partial charge in [0.25, 0.3) is 0 Å². The number of aromatic nitrogens is 1. The number of hydrogen-bond acceptors (Lipinski definition) is 2. The average Bonchev–Trinajstić information content (AvgIpc) is 2.96. The first-order chi connectivity index (χ1) is 13.0. The summed E-state index contributed by atoms with van der Waals surface area (Å²) >= 11 is 0. The summed E-state index contributed by atoms with van der Waals surface area (Å²) in [5.74, 6) is 0.875. The zero-order valence-corrected chi connectivity index (χ0v) is 18.0. The number of methoxy groups -OCH3 is 1. The van der Waals surface area contributed by atoms with Crippen LogP contribution in [0.4, 0.5) is 0 Å². The summed E-state index contributed by atoms with van der Waals surface area (Å²) in [6.45, 7) is 7.07. The van der Waals surface area contributed by atoms with Crippen molar-refractivity contribution in [3.05, 3.63) is 59.7 Å². The summed E-state index contributed by atoms with van der Waals surface area (Å²) in [6.07, 6.45) is 4.56. The second-order valence-corrected chi connectivity index (χ2v) is 11.4. The maximum Gasteiger partial charge on any atom is 0.231 e. The Bertz CT molecular complexity index is 894. The molecule has 0 aliphatic heterocycles. The topological polar surface area (TPSA) is 34.4 Å². The number of fused-ring (bicyclic) bond motifs is 1. The fourth-order valence-corrected chi connectivity index (χ4v) is 5.82. The summed E-state index contributed by atoms with van der Waals surface area (Å²) in [4.78, 5) is 11.2. The second-order valence-electron chi connectivity index (χ2n) is 7.80. The highest BCUT2D eigenvalue weighted by atomic mass is 28.4. The number of hydrogen-bond donors (Lipinski definition) is 1. The van der Waals surface area contributed by atoms with Crippen molar-refractivity contribution in [2.45, 2.75) is 52.2 Å². The Kier molecular flexibility index (Phi) is 6.07. The summed E-state index contributed by atoms with van der Waals surface area (Å²) in [7, 11) is -0.812. The van der Waals surface area contributed by atoms with Crippen LogP contribution in [0.1, 0.15) is 37.3 Å². The molecule has 0 amide bonds. The van der Waals surface area contributed by atoms with E-state index >= 15 is 0 Å². The molecule has 3 aromatic rings. The molecule has 0 spiro atoms. The average molecular weight is 382 g/mol. The van der Waals surface area contributed by atoms with Crippen LogP contribution in [0.15, 0.2) is 48.5 Å². The molecule has 1 heterocycles. The normalized spacial score (nSPS) is 11.9. The summed E-state index contributed by atoms with van der Waals surface area (Å²) in [6, 6.07) is 16.8. The number of nitrogens with zero attached hydrogens (tertiary/aromatic N) is 1. The SMILES string of the molecule is CCCCCc1c([Si](C)(C)O)n(Cc2ccccc2)c2ccc(OC)cc12. The Morgan fingerprint density at radius 1 is 1.04 bits per heavy atom. The Labute approximate surface area is 163 Å². The highest BCUT2D eigenvalue weighted by Crippen LogP contribution is 2.28. The minimum Gasteiger partial charge on any atom is -0.497 e. The van der Waals surface area contributed by atoms with E-state index in [1.807, 2.05) is 25.2 Å². The van der Waals surface area contributed by atoms with Gasteiger partial charge >= 0.3 is 0 Å². The standard InChI is InChI=1S/C23H31NO2Si/c1-5-6-8-13-20-21-16-19(26-2)14-15-22(21)24(23(20)27(3,4)25)17-18-11-9-7-10-12-18/h7,9-12,14-16,25H,5-6,8,13,17H2,1-4H3. The van der Waals surface area contributed by atoms with Crippen molar-refractivity contribution in [2.75, 3.05) is 7.11 Å². The molecular formula is C23H31NO2Si. The van der Waals surface area contributed by atoms with Gasteiger partial charge in [0.1, 0.15) is 5.75 Å². The van der Waals surface area contributed by atoms with Crippen LogP contribution in [-0.2, 0) is 13.0 Å². The summed E-state index contributed by atoms with van der Waals surface area (Å²) < 4.78 is 7.84. The summed E-state index contributed by atoms with van der Waals surface area (Å²) in [5, 5.41) is 2.39. The van der Waals surface area contributed by atoms with E-state index in [0.29, 0.717) is 0 Å². The van der Waals surface area contributed by atoms with Crippen molar-refractivity contribution < 1.29 is 9.53 Å². The lowest BCUT2D eigenvalue weighted by Gasteiger charge is -2.21. The predicted octanol–water partition coefficient (Wildman–Crippen LogP) is 4.84. The Morgan fingerprint density at radius 2 is 1.78 bits per heavy atom. The first-order valence-electron chi connectivity index (χ1n) is 9.91. The molecule has 0 atom stereocenters. The van der Waals surface area contributed by atoms with Crippen molar-refractivity contribution in [1.29, 1.82) is 0 Å². The lowest BCUT2D eigenvalue weighted by atomic mass is 10.1. The highest BCUT2D eigenvalue weighted by Gasteiger charge is 2.31. The third kappa shape index (κ3) is 4.28. The van der Waals surface area contributed by atoms with Gasteiger partial charge < -0.3 is 14.1 Å². The molecule has 0 fully saturated rings. The lowest BCUT2D eigenvalue weighted by molar-refractivity contribution is 0.415. The van der Waals surface area contributed by atoms with Crippen LogP contribution in [0.2, 0.25) is 13.1 Å². The highest BCUT2D eigenvalue weighted by molar-refractivity contribution is 6.83. The number of aryl methyl sites for hydroxylation is 1. The van der Waals surface area contributed by atoms with Gasteiger partial charge in [0.15, 0.2) is 0 Å². The molecule has 27 heavy (non-hydrogen) atoms. The predicted molar refractivity (Wildman–Crippen MR) is 117 cm³/mol. The van der Waals surface area contributed by atoms with Crippen LogP contribution < -0.4 is 10.1 Å². The van der Waals surface area contributed by atoms with E-state index in [1.165, 1.54) is 34.9 Å². The molecule has 0 aliphatic carbocycles. The fraction of sp³-hybridized carbons (Fsp3) is 0.391. The van der Waals surface area contributed by atoms with E-state index in [-0.39, 0.29) is 0 Å². The van der Waals surface area contributed by atoms with Crippen LogP contribution in [0, 0.1) is 0 Å². The molecule has 0 radical (unpaired) electrons. The van der Waals surface area contributed by atoms with Gasteiger partial charge in [0.2, 0.25) is 8.32 Å². The molecule has 0 bridgehead atoms. The molecule has 3 nitrogen and oxygen atoms in total. The van der Waals surface area contributed by atoms with Gasteiger partial charge in [0, 0.05) is 22.8 Å². The van der Waals surface area contributed by atoms with Crippen LogP contribution in [0.3, 0.4) is 0 Å². The van der Waals surface area contributed by atoms with E-state index in [2.05, 4.69) is 47.9 Å².